The van der Waals surface area contributed by atoms with Crippen molar-refractivity contribution in [1.82, 2.24) is 0 Å². The molecule has 0 saturated heterocycles. The summed E-state index contributed by atoms with van der Waals surface area (Å²) in [6, 6.07) is 3.27. The Morgan fingerprint density at radius 2 is 1.93 bits per heavy atom. The van der Waals surface area contributed by atoms with Gasteiger partial charge in [0.05, 0.1) is 16.3 Å². The van der Waals surface area contributed by atoms with Crippen LogP contribution in [0.4, 0.5) is 0 Å². The van der Waals surface area contributed by atoms with E-state index in [1.807, 2.05) is 22.6 Å². The third kappa shape index (κ3) is 2.30. The van der Waals surface area contributed by atoms with Crippen LogP contribution >= 0.6 is 22.6 Å². The first-order valence-electron chi connectivity index (χ1n) is 4.15. The minimum atomic E-state index is -0.977. The molecule has 0 aliphatic heterocycles. The molecule has 1 rings (SSSR count). The summed E-state index contributed by atoms with van der Waals surface area (Å²) in [7, 11) is 1.53. The number of phenolic OH excluding ortho intramolecular Hbond substituents is 1. The number of aromatic hydroxyl groups is 1. The number of aliphatic hydroxyl groups is 1. The molecule has 3 nitrogen and oxygen atoms in total. The Kier molecular flexibility index (Phi) is 3.26. The second-order valence-corrected chi connectivity index (χ2v) is 4.65. The molecule has 2 N–H and O–H groups in total. The molecule has 0 spiro atoms. The van der Waals surface area contributed by atoms with Gasteiger partial charge in [-0.2, -0.15) is 0 Å². The Morgan fingerprint density at radius 3 is 2.36 bits per heavy atom. The monoisotopic (exact) mass is 308 g/mol. The Morgan fingerprint density at radius 1 is 1.36 bits per heavy atom. The minimum absolute atomic E-state index is 0.127. The van der Waals surface area contributed by atoms with Gasteiger partial charge in [0.1, 0.15) is 11.5 Å². The molecule has 0 saturated carbocycles. The summed E-state index contributed by atoms with van der Waals surface area (Å²) in [4.78, 5) is 0. The summed E-state index contributed by atoms with van der Waals surface area (Å²) >= 11 is 1.99. The zero-order valence-corrected chi connectivity index (χ0v) is 10.5. The van der Waals surface area contributed by atoms with Gasteiger partial charge in [0, 0.05) is 0 Å². The van der Waals surface area contributed by atoms with E-state index in [2.05, 4.69) is 0 Å². The van der Waals surface area contributed by atoms with E-state index in [1.54, 1.807) is 26.0 Å². The van der Waals surface area contributed by atoms with Gasteiger partial charge < -0.3 is 14.9 Å². The molecular weight excluding hydrogens is 295 g/mol. The van der Waals surface area contributed by atoms with Crippen LogP contribution in [0.1, 0.15) is 19.4 Å². The van der Waals surface area contributed by atoms with Crippen molar-refractivity contribution >= 4 is 22.6 Å². The highest BCUT2D eigenvalue weighted by molar-refractivity contribution is 14.1. The van der Waals surface area contributed by atoms with Gasteiger partial charge in [-0.25, -0.2) is 0 Å². The lowest BCUT2D eigenvalue weighted by Crippen LogP contribution is -2.15. The minimum Gasteiger partial charge on any atom is -0.507 e. The van der Waals surface area contributed by atoms with Gasteiger partial charge in [-0.05, 0) is 54.1 Å². The highest BCUT2D eigenvalue weighted by Crippen LogP contribution is 2.34. The molecule has 14 heavy (non-hydrogen) atoms. The highest BCUT2D eigenvalue weighted by atomic mass is 127. The van der Waals surface area contributed by atoms with Crippen LogP contribution in [0.5, 0.6) is 11.5 Å². The maximum Gasteiger partial charge on any atom is 0.136 e. The molecule has 1 aromatic rings. The van der Waals surface area contributed by atoms with Crippen molar-refractivity contribution in [1.29, 1.82) is 0 Å². The highest BCUT2D eigenvalue weighted by Gasteiger charge is 2.19. The fraction of sp³-hybridized carbons (Fsp3) is 0.400. The maximum absolute atomic E-state index is 9.76. The zero-order chi connectivity index (χ0) is 10.9. The van der Waals surface area contributed by atoms with E-state index in [4.69, 9.17) is 4.74 Å². The molecule has 78 valence electrons. The van der Waals surface area contributed by atoms with Crippen LogP contribution in [0.3, 0.4) is 0 Å². The van der Waals surface area contributed by atoms with Crippen LogP contribution in [0.25, 0.3) is 0 Å². The SMILES string of the molecule is COc1cc(C(C)(C)O)cc(O)c1I. The zero-order valence-electron chi connectivity index (χ0n) is 8.34. The molecule has 0 aliphatic carbocycles. The van der Waals surface area contributed by atoms with Crippen LogP contribution in [0.15, 0.2) is 12.1 Å². The van der Waals surface area contributed by atoms with Crippen LogP contribution in [-0.2, 0) is 5.60 Å². The molecule has 0 atom stereocenters. The smallest absolute Gasteiger partial charge is 0.136 e. The third-order valence-electron chi connectivity index (χ3n) is 1.95. The van der Waals surface area contributed by atoms with Crippen molar-refractivity contribution in [3.05, 3.63) is 21.3 Å². The van der Waals surface area contributed by atoms with E-state index < -0.39 is 5.60 Å². The second-order valence-electron chi connectivity index (χ2n) is 3.57. The first-order valence-corrected chi connectivity index (χ1v) is 5.23. The topological polar surface area (TPSA) is 49.7 Å². The summed E-state index contributed by atoms with van der Waals surface area (Å²) in [6.07, 6.45) is 0. The van der Waals surface area contributed by atoms with Crippen LogP contribution in [0.2, 0.25) is 0 Å². The van der Waals surface area contributed by atoms with Crippen molar-refractivity contribution in [2.75, 3.05) is 7.11 Å². The molecule has 0 radical (unpaired) electrons. The molecule has 4 heteroatoms. The largest absolute Gasteiger partial charge is 0.507 e. The molecule has 0 amide bonds. The van der Waals surface area contributed by atoms with Gasteiger partial charge in [-0.3, -0.25) is 0 Å². The Labute approximate surface area is 96.9 Å². The number of rotatable bonds is 2. The summed E-state index contributed by atoms with van der Waals surface area (Å²) in [5, 5.41) is 19.3. The lowest BCUT2D eigenvalue weighted by atomic mass is 9.98. The van der Waals surface area contributed by atoms with Gasteiger partial charge in [-0.1, -0.05) is 0 Å². The average Bonchev–Trinajstić information content (AvgIpc) is 2.07. The molecule has 1 aromatic carbocycles. The predicted octanol–water partition coefficient (Wildman–Crippen LogP) is 2.23. The molecule has 0 aromatic heterocycles. The summed E-state index contributed by atoms with van der Waals surface area (Å²) in [5.41, 5.74) is -0.345. The summed E-state index contributed by atoms with van der Waals surface area (Å²) in [6.45, 7) is 3.32. The number of hydrogen-bond acceptors (Lipinski definition) is 3. The second kappa shape index (κ2) is 3.94. The van der Waals surface area contributed by atoms with Crippen LogP contribution in [-0.4, -0.2) is 17.3 Å². The standard InChI is InChI=1S/C10H13IO3/c1-10(2,13)6-4-7(12)9(11)8(5-6)14-3/h4-5,12-13H,1-3H3. The predicted molar refractivity (Wildman–Crippen MR) is 62.6 cm³/mol. The molecule has 0 unspecified atom stereocenters. The number of phenols is 1. The Hall–Kier alpha value is -0.490. The van der Waals surface area contributed by atoms with Gasteiger partial charge in [-0.15, -0.1) is 0 Å². The van der Waals surface area contributed by atoms with E-state index in [9.17, 15) is 10.2 Å². The molecular formula is C10H13IO3. The van der Waals surface area contributed by atoms with Crippen molar-refractivity contribution in [3.8, 4) is 11.5 Å². The lowest BCUT2D eigenvalue weighted by molar-refractivity contribution is 0.0780. The number of ether oxygens (including phenoxy) is 1. The molecule has 0 heterocycles. The fourth-order valence-corrected chi connectivity index (χ4v) is 1.62. The lowest BCUT2D eigenvalue weighted by Gasteiger charge is -2.19. The third-order valence-corrected chi connectivity index (χ3v) is 3.03. The van der Waals surface area contributed by atoms with Gasteiger partial charge in [0.2, 0.25) is 0 Å². The molecule has 0 bridgehead atoms. The maximum atomic E-state index is 9.76. The van der Waals surface area contributed by atoms with Gasteiger partial charge >= 0.3 is 0 Å². The quantitative estimate of drug-likeness (QED) is 0.824. The van der Waals surface area contributed by atoms with E-state index >= 15 is 0 Å². The Balaban J connectivity index is 3.30. The van der Waals surface area contributed by atoms with Gasteiger partial charge in [0.25, 0.3) is 0 Å². The first kappa shape index (κ1) is 11.6. The van der Waals surface area contributed by atoms with E-state index in [1.165, 1.54) is 7.11 Å². The normalized spacial score (nSPS) is 11.5. The summed E-state index contributed by atoms with van der Waals surface area (Å²) in [5.74, 6) is 0.699. The first-order chi connectivity index (χ1) is 6.36. The van der Waals surface area contributed by atoms with Crippen molar-refractivity contribution in [2.45, 2.75) is 19.4 Å². The number of halogens is 1. The van der Waals surface area contributed by atoms with Crippen molar-refractivity contribution < 1.29 is 14.9 Å². The van der Waals surface area contributed by atoms with Crippen LogP contribution in [0, 0.1) is 3.57 Å². The molecule has 0 aliphatic rings. The Bertz CT molecular complexity index is 342. The van der Waals surface area contributed by atoms with Crippen LogP contribution < -0.4 is 4.74 Å². The number of methoxy groups -OCH3 is 1. The van der Waals surface area contributed by atoms with Crippen molar-refractivity contribution in [2.24, 2.45) is 0 Å². The fourth-order valence-electron chi connectivity index (χ4n) is 1.08. The van der Waals surface area contributed by atoms with Crippen molar-refractivity contribution in [3.63, 3.8) is 0 Å². The van der Waals surface area contributed by atoms with E-state index in [-0.39, 0.29) is 5.75 Å². The number of benzene rings is 1. The molecule has 0 fully saturated rings. The van der Waals surface area contributed by atoms with E-state index in [0.29, 0.717) is 14.9 Å². The van der Waals surface area contributed by atoms with Gasteiger partial charge in [0.15, 0.2) is 0 Å². The van der Waals surface area contributed by atoms with E-state index in [0.717, 1.165) is 0 Å². The summed E-state index contributed by atoms with van der Waals surface area (Å²) < 4.78 is 5.73. The average molecular weight is 308 g/mol. The number of hydrogen-bond donors (Lipinski definition) is 2.